The zero-order valence-electron chi connectivity index (χ0n) is 9.04. The van der Waals surface area contributed by atoms with E-state index in [1.807, 2.05) is 0 Å². The fourth-order valence-electron chi connectivity index (χ4n) is 1.91. The summed E-state index contributed by atoms with van der Waals surface area (Å²) in [4.78, 5) is 11.4. The normalized spacial score (nSPS) is 23.5. The molecule has 0 bridgehead atoms. The third-order valence-electron chi connectivity index (χ3n) is 3.14. The number of rotatable bonds is 4. The molecule has 0 spiro atoms. The fourth-order valence-corrected chi connectivity index (χ4v) is 1.91. The van der Waals surface area contributed by atoms with Crippen molar-refractivity contribution in [2.24, 2.45) is 11.8 Å². The molecule has 0 aromatic rings. The second-order valence-electron chi connectivity index (χ2n) is 4.47. The van der Waals surface area contributed by atoms with Crippen molar-refractivity contribution < 1.29 is 14.3 Å². The van der Waals surface area contributed by atoms with Crippen molar-refractivity contribution in [3.63, 3.8) is 0 Å². The molecule has 86 valence electrons. The molecule has 0 amide bonds. The molecule has 4 heteroatoms. The highest BCUT2D eigenvalue weighted by atomic mass is 16.5. The van der Waals surface area contributed by atoms with Gasteiger partial charge in [0, 0.05) is 13.2 Å². The van der Waals surface area contributed by atoms with Crippen LogP contribution in [0.15, 0.2) is 0 Å². The number of esters is 1. The summed E-state index contributed by atoms with van der Waals surface area (Å²) in [7, 11) is 0. The van der Waals surface area contributed by atoms with E-state index in [1.54, 1.807) is 0 Å². The van der Waals surface area contributed by atoms with Crippen LogP contribution in [0.5, 0.6) is 0 Å². The lowest BCUT2D eigenvalue weighted by Gasteiger charge is -2.26. The standard InChI is InChI=1S/C11H19NO3/c13-11(5-10-6-12-7-10)15-8-9-1-3-14-4-2-9/h9-10,12H,1-8H2. The summed E-state index contributed by atoms with van der Waals surface area (Å²) < 4.78 is 10.5. The van der Waals surface area contributed by atoms with E-state index in [-0.39, 0.29) is 5.97 Å². The predicted octanol–water partition coefficient (Wildman–Crippen LogP) is 0.566. The molecule has 4 nitrogen and oxygen atoms in total. The van der Waals surface area contributed by atoms with Gasteiger partial charge in [0.25, 0.3) is 0 Å². The van der Waals surface area contributed by atoms with Crippen molar-refractivity contribution in [3.05, 3.63) is 0 Å². The first-order chi connectivity index (χ1) is 7.34. The Kier molecular flexibility index (Phi) is 3.97. The number of carbonyl (C=O) groups excluding carboxylic acids is 1. The van der Waals surface area contributed by atoms with Crippen molar-refractivity contribution in [1.82, 2.24) is 5.32 Å². The van der Waals surface area contributed by atoms with Crippen molar-refractivity contribution >= 4 is 5.97 Å². The number of ether oxygens (including phenoxy) is 2. The van der Waals surface area contributed by atoms with Crippen molar-refractivity contribution in [2.45, 2.75) is 19.3 Å². The summed E-state index contributed by atoms with van der Waals surface area (Å²) in [5.41, 5.74) is 0. The maximum Gasteiger partial charge on any atom is 0.306 e. The smallest absolute Gasteiger partial charge is 0.306 e. The molecule has 0 aromatic carbocycles. The molecule has 2 heterocycles. The zero-order valence-corrected chi connectivity index (χ0v) is 9.04. The first-order valence-electron chi connectivity index (χ1n) is 5.78. The Bertz CT molecular complexity index is 210. The highest BCUT2D eigenvalue weighted by molar-refractivity contribution is 5.69. The first-order valence-corrected chi connectivity index (χ1v) is 5.78. The minimum absolute atomic E-state index is 0.0343. The molecule has 0 aromatic heterocycles. The molecule has 2 fully saturated rings. The van der Waals surface area contributed by atoms with Crippen LogP contribution in [-0.4, -0.2) is 38.9 Å². The maximum atomic E-state index is 11.4. The molecule has 2 aliphatic heterocycles. The van der Waals surface area contributed by atoms with Crippen LogP contribution in [0.2, 0.25) is 0 Å². The average Bonchev–Trinajstić information content (AvgIpc) is 2.22. The maximum absolute atomic E-state index is 11.4. The van der Waals surface area contributed by atoms with E-state index in [0.717, 1.165) is 39.1 Å². The van der Waals surface area contributed by atoms with Gasteiger partial charge in [0.2, 0.25) is 0 Å². The lowest BCUT2D eigenvalue weighted by atomic mass is 9.99. The van der Waals surface area contributed by atoms with Gasteiger partial charge < -0.3 is 14.8 Å². The van der Waals surface area contributed by atoms with E-state index < -0.39 is 0 Å². The Morgan fingerprint density at radius 1 is 1.27 bits per heavy atom. The molecule has 1 N–H and O–H groups in total. The minimum atomic E-state index is -0.0343. The van der Waals surface area contributed by atoms with Gasteiger partial charge in [0.15, 0.2) is 0 Å². The van der Waals surface area contributed by atoms with Crippen LogP contribution in [0.4, 0.5) is 0 Å². The molecule has 0 atom stereocenters. The second kappa shape index (κ2) is 5.47. The molecule has 0 saturated carbocycles. The van der Waals surface area contributed by atoms with Crippen LogP contribution in [0.1, 0.15) is 19.3 Å². The molecule has 2 aliphatic rings. The number of carbonyl (C=O) groups is 1. The van der Waals surface area contributed by atoms with Crippen LogP contribution in [0, 0.1) is 11.8 Å². The summed E-state index contributed by atoms with van der Waals surface area (Å²) in [6.45, 7) is 4.14. The van der Waals surface area contributed by atoms with Crippen LogP contribution in [-0.2, 0) is 14.3 Å². The van der Waals surface area contributed by atoms with E-state index in [1.165, 1.54) is 0 Å². The zero-order chi connectivity index (χ0) is 10.5. The first kappa shape index (κ1) is 10.9. The number of hydrogen-bond donors (Lipinski definition) is 1. The van der Waals surface area contributed by atoms with Gasteiger partial charge in [-0.05, 0) is 37.8 Å². The molecule has 15 heavy (non-hydrogen) atoms. The molecular formula is C11H19NO3. The minimum Gasteiger partial charge on any atom is -0.465 e. The molecule has 0 aliphatic carbocycles. The number of nitrogens with one attached hydrogen (secondary N) is 1. The van der Waals surface area contributed by atoms with E-state index in [4.69, 9.17) is 9.47 Å². The topological polar surface area (TPSA) is 47.6 Å². The molecule has 0 radical (unpaired) electrons. The third kappa shape index (κ3) is 3.47. The Labute approximate surface area is 90.3 Å². The van der Waals surface area contributed by atoms with Crippen LogP contribution in [0.3, 0.4) is 0 Å². The van der Waals surface area contributed by atoms with Gasteiger partial charge in [-0.25, -0.2) is 0 Å². The second-order valence-corrected chi connectivity index (χ2v) is 4.47. The van der Waals surface area contributed by atoms with Crippen molar-refractivity contribution in [1.29, 1.82) is 0 Å². The van der Waals surface area contributed by atoms with Crippen LogP contribution in [0.25, 0.3) is 0 Å². The lowest BCUT2D eigenvalue weighted by molar-refractivity contribution is -0.147. The van der Waals surface area contributed by atoms with Crippen LogP contribution < -0.4 is 5.32 Å². The summed E-state index contributed by atoms with van der Waals surface area (Å²) in [5.74, 6) is 0.988. The average molecular weight is 213 g/mol. The van der Waals surface area contributed by atoms with Gasteiger partial charge in [-0.15, -0.1) is 0 Å². The Morgan fingerprint density at radius 2 is 2.00 bits per heavy atom. The van der Waals surface area contributed by atoms with Gasteiger partial charge in [0.05, 0.1) is 13.0 Å². The molecule has 2 saturated heterocycles. The van der Waals surface area contributed by atoms with Gasteiger partial charge in [-0.1, -0.05) is 0 Å². The molecular weight excluding hydrogens is 194 g/mol. The van der Waals surface area contributed by atoms with E-state index >= 15 is 0 Å². The monoisotopic (exact) mass is 213 g/mol. The van der Waals surface area contributed by atoms with Gasteiger partial charge in [-0.3, -0.25) is 4.79 Å². The highest BCUT2D eigenvalue weighted by Gasteiger charge is 2.22. The Balaban J connectivity index is 1.57. The molecule has 2 rings (SSSR count). The van der Waals surface area contributed by atoms with Gasteiger partial charge in [-0.2, -0.15) is 0 Å². The van der Waals surface area contributed by atoms with E-state index in [2.05, 4.69) is 5.32 Å². The SMILES string of the molecule is O=C(CC1CNC1)OCC1CCOCC1. The quantitative estimate of drug-likeness (QED) is 0.693. The van der Waals surface area contributed by atoms with Gasteiger partial charge in [0.1, 0.15) is 0 Å². The Morgan fingerprint density at radius 3 is 2.60 bits per heavy atom. The summed E-state index contributed by atoms with van der Waals surface area (Å²) in [5, 5.41) is 3.15. The summed E-state index contributed by atoms with van der Waals surface area (Å²) in [6.07, 6.45) is 2.63. The number of hydrogen-bond acceptors (Lipinski definition) is 4. The predicted molar refractivity (Wildman–Crippen MR) is 55.5 cm³/mol. The fraction of sp³-hybridized carbons (Fsp3) is 0.909. The third-order valence-corrected chi connectivity index (χ3v) is 3.14. The Hall–Kier alpha value is -0.610. The molecule has 0 unspecified atom stereocenters. The van der Waals surface area contributed by atoms with E-state index in [0.29, 0.717) is 24.9 Å². The largest absolute Gasteiger partial charge is 0.465 e. The highest BCUT2D eigenvalue weighted by Crippen LogP contribution is 2.16. The van der Waals surface area contributed by atoms with Crippen molar-refractivity contribution in [2.75, 3.05) is 32.9 Å². The van der Waals surface area contributed by atoms with Crippen molar-refractivity contribution in [3.8, 4) is 0 Å². The summed E-state index contributed by atoms with van der Waals surface area (Å²) >= 11 is 0. The van der Waals surface area contributed by atoms with Gasteiger partial charge >= 0.3 is 5.97 Å². The summed E-state index contributed by atoms with van der Waals surface area (Å²) in [6, 6.07) is 0. The van der Waals surface area contributed by atoms with E-state index in [9.17, 15) is 4.79 Å². The lowest BCUT2D eigenvalue weighted by Crippen LogP contribution is -2.43. The van der Waals surface area contributed by atoms with Crippen LogP contribution >= 0.6 is 0 Å².